The third-order valence-electron chi connectivity index (χ3n) is 3.33. The van der Waals surface area contributed by atoms with Gasteiger partial charge in [-0.25, -0.2) is 12.8 Å². The van der Waals surface area contributed by atoms with Gasteiger partial charge in [-0.1, -0.05) is 6.07 Å². The summed E-state index contributed by atoms with van der Waals surface area (Å²) in [7, 11) is -2.18. The largest absolute Gasteiger partial charge is 0.269 e. The number of sulfonamides is 1. The molecule has 0 spiro atoms. The summed E-state index contributed by atoms with van der Waals surface area (Å²) in [6, 6.07) is 10.3. The van der Waals surface area contributed by atoms with Crippen LogP contribution in [0, 0.1) is 19.7 Å². The number of anilines is 1. The molecule has 0 aliphatic rings. The van der Waals surface area contributed by atoms with Crippen molar-refractivity contribution in [3.05, 3.63) is 59.4 Å². The van der Waals surface area contributed by atoms with Crippen molar-refractivity contribution in [2.24, 2.45) is 0 Å². The molecule has 2 aromatic carbocycles. The van der Waals surface area contributed by atoms with Gasteiger partial charge >= 0.3 is 0 Å². The van der Waals surface area contributed by atoms with Crippen LogP contribution in [0.15, 0.2) is 47.4 Å². The summed E-state index contributed by atoms with van der Waals surface area (Å²) in [4.78, 5) is 0.0691. The summed E-state index contributed by atoms with van der Waals surface area (Å²) in [5, 5.41) is 0. The second kappa shape index (κ2) is 5.25. The number of benzene rings is 2. The SMILES string of the molecule is Cc1ccc(N(C)S(=O)(=O)c2ccc(F)cc2)cc1C. The minimum absolute atomic E-state index is 0.0691. The second-order valence-corrected chi connectivity index (χ2v) is 6.66. The van der Waals surface area contributed by atoms with E-state index in [2.05, 4.69) is 0 Å². The van der Waals surface area contributed by atoms with E-state index in [4.69, 9.17) is 0 Å². The first-order valence-electron chi connectivity index (χ1n) is 6.14. The molecule has 2 rings (SSSR count). The van der Waals surface area contributed by atoms with E-state index in [-0.39, 0.29) is 4.90 Å². The topological polar surface area (TPSA) is 37.4 Å². The van der Waals surface area contributed by atoms with Gasteiger partial charge in [0.1, 0.15) is 5.82 Å². The molecule has 0 radical (unpaired) electrons. The van der Waals surface area contributed by atoms with Gasteiger partial charge in [0, 0.05) is 7.05 Å². The number of hydrogen-bond donors (Lipinski definition) is 0. The van der Waals surface area contributed by atoms with Crippen molar-refractivity contribution >= 4 is 15.7 Å². The Morgan fingerprint density at radius 1 is 0.950 bits per heavy atom. The molecule has 0 fully saturated rings. The predicted octanol–water partition coefficient (Wildman–Crippen LogP) is 3.27. The van der Waals surface area contributed by atoms with Gasteiger partial charge in [0.05, 0.1) is 10.6 Å². The first kappa shape index (κ1) is 14.5. The van der Waals surface area contributed by atoms with Crippen LogP contribution in [0.25, 0.3) is 0 Å². The van der Waals surface area contributed by atoms with Crippen LogP contribution in [0.5, 0.6) is 0 Å². The van der Waals surface area contributed by atoms with E-state index in [9.17, 15) is 12.8 Å². The molecular weight excluding hydrogens is 277 g/mol. The Bertz CT molecular complexity index is 724. The van der Waals surface area contributed by atoms with Crippen molar-refractivity contribution in [2.75, 3.05) is 11.4 Å². The molecule has 0 unspecified atom stereocenters. The Balaban J connectivity index is 2.42. The monoisotopic (exact) mass is 293 g/mol. The standard InChI is InChI=1S/C15H16FNO2S/c1-11-4-7-14(10-12(11)2)17(3)20(18,19)15-8-5-13(16)6-9-15/h4-10H,1-3H3. The van der Waals surface area contributed by atoms with E-state index >= 15 is 0 Å². The number of halogens is 1. The van der Waals surface area contributed by atoms with E-state index < -0.39 is 15.8 Å². The van der Waals surface area contributed by atoms with Crippen molar-refractivity contribution in [1.82, 2.24) is 0 Å². The first-order chi connectivity index (χ1) is 9.32. The van der Waals surface area contributed by atoms with Gasteiger partial charge < -0.3 is 0 Å². The van der Waals surface area contributed by atoms with Gasteiger partial charge in [0.2, 0.25) is 0 Å². The van der Waals surface area contributed by atoms with E-state index in [1.807, 2.05) is 26.0 Å². The van der Waals surface area contributed by atoms with Gasteiger partial charge in [0.25, 0.3) is 10.0 Å². The Hall–Kier alpha value is -1.88. The fourth-order valence-corrected chi connectivity index (χ4v) is 3.01. The Kier molecular flexibility index (Phi) is 3.81. The molecule has 5 heteroatoms. The summed E-state index contributed by atoms with van der Waals surface area (Å²) in [5.41, 5.74) is 2.70. The molecule has 0 amide bonds. The second-order valence-electron chi connectivity index (χ2n) is 4.70. The minimum atomic E-state index is -3.67. The minimum Gasteiger partial charge on any atom is -0.269 e. The average Bonchev–Trinajstić information content (AvgIpc) is 2.41. The average molecular weight is 293 g/mol. The summed E-state index contributed by atoms with van der Waals surface area (Å²) in [5.74, 6) is -0.460. The van der Waals surface area contributed by atoms with Crippen molar-refractivity contribution in [2.45, 2.75) is 18.7 Å². The van der Waals surface area contributed by atoms with Gasteiger partial charge in [-0.3, -0.25) is 4.31 Å². The quantitative estimate of drug-likeness (QED) is 0.871. The molecule has 0 aromatic heterocycles. The number of rotatable bonds is 3. The molecular formula is C15H16FNO2S. The van der Waals surface area contributed by atoms with Gasteiger partial charge in [-0.2, -0.15) is 0 Å². The Morgan fingerprint density at radius 2 is 1.55 bits per heavy atom. The van der Waals surface area contributed by atoms with Crippen molar-refractivity contribution in [1.29, 1.82) is 0 Å². The molecule has 0 bridgehead atoms. The highest BCUT2D eigenvalue weighted by Crippen LogP contribution is 2.24. The maximum atomic E-state index is 12.9. The fourth-order valence-electron chi connectivity index (χ4n) is 1.82. The fraction of sp³-hybridized carbons (Fsp3) is 0.200. The van der Waals surface area contributed by atoms with Gasteiger partial charge in [-0.05, 0) is 61.4 Å². The summed E-state index contributed by atoms with van der Waals surface area (Å²) in [6.45, 7) is 3.89. The molecule has 0 N–H and O–H groups in total. The Labute approximate surface area is 118 Å². The van der Waals surface area contributed by atoms with E-state index in [1.165, 1.54) is 23.5 Å². The van der Waals surface area contributed by atoms with E-state index in [0.29, 0.717) is 5.69 Å². The zero-order chi connectivity index (χ0) is 14.9. The lowest BCUT2D eigenvalue weighted by atomic mass is 10.1. The van der Waals surface area contributed by atoms with Crippen LogP contribution >= 0.6 is 0 Å². The van der Waals surface area contributed by atoms with Gasteiger partial charge in [-0.15, -0.1) is 0 Å². The molecule has 0 heterocycles. The molecule has 3 nitrogen and oxygen atoms in total. The van der Waals surface area contributed by atoms with Crippen molar-refractivity contribution in [3.63, 3.8) is 0 Å². The highest BCUT2D eigenvalue weighted by atomic mass is 32.2. The van der Waals surface area contributed by atoms with Crippen molar-refractivity contribution in [3.8, 4) is 0 Å². The highest BCUT2D eigenvalue weighted by Gasteiger charge is 2.21. The molecule has 2 aromatic rings. The normalized spacial score (nSPS) is 11.4. The maximum Gasteiger partial charge on any atom is 0.264 e. The number of nitrogens with zero attached hydrogens (tertiary/aromatic N) is 1. The summed E-state index contributed by atoms with van der Waals surface area (Å²) < 4.78 is 39.0. The van der Waals surface area contributed by atoms with Crippen LogP contribution < -0.4 is 4.31 Å². The van der Waals surface area contributed by atoms with E-state index in [1.54, 1.807) is 6.07 Å². The third kappa shape index (κ3) is 2.67. The van der Waals surface area contributed by atoms with Crippen LogP contribution in [-0.4, -0.2) is 15.5 Å². The zero-order valence-corrected chi connectivity index (χ0v) is 12.4. The van der Waals surface area contributed by atoms with Crippen LogP contribution in [0.2, 0.25) is 0 Å². The van der Waals surface area contributed by atoms with Crippen LogP contribution in [0.1, 0.15) is 11.1 Å². The molecule has 0 atom stereocenters. The molecule has 20 heavy (non-hydrogen) atoms. The van der Waals surface area contributed by atoms with E-state index in [0.717, 1.165) is 23.3 Å². The lowest BCUT2D eigenvalue weighted by molar-refractivity contribution is 0.593. The van der Waals surface area contributed by atoms with Crippen LogP contribution in [-0.2, 0) is 10.0 Å². The third-order valence-corrected chi connectivity index (χ3v) is 5.13. The lowest BCUT2D eigenvalue weighted by Crippen LogP contribution is -2.26. The molecule has 106 valence electrons. The molecule has 0 aliphatic heterocycles. The molecule has 0 saturated heterocycles. The summed E-state index contributed by atoms with van der Waals surface area (Å²) >= 11 is 0. The number of hydrogen-bond acceptors (Lipinski definition) is 2. The maximum absolute atomic E-state index is 12.9. The Morgan fingerprint density at radius 3 is 2.10 bits per heavy atom. The number of aryl methyl sites for hydroxylation is 2. The van der Waals surface area contributed by atoms with Crippen molar-refractivity contribution < 1.29 is 12.8 Å². The van der Waals surface area contributed by atoms with Crippen LogP contribution in [0.3, 0.4) is 0 Å². The zero-order valence-electron chi connectivity index (χ0n) is 11.6. The smallest absolute Gasteiger partial charge is 0.264 e. The first-order valence-corrected chi connectivity index (χ1v) is 7.58. The predicted molar refractivity (Wildman–Crippen MR) is 77.9 cm³/mol. The summed E-state index contributed by atoms with van der Waals surface area (Å²) in [6.07, 6.45) is 0. The molecule has 0 saturated carbocycles. The van der Waals surface area contributed by atoms with Gasteiger partial charge in [0.15, 0.2) is 0 Å². The molecule has 0 aliphatic carbocycles. The highest BCUT2D eigenvalue weighted by molar-refractivity contribution is 7.92. The van der Waals surface area contributed by atoms with Crippen LogP contribution in [0.4, 0.5) is 10.1 Å². The lowest BCUT2D eigenvalue weighted by Gasteiger charge is -2.20.